The summed E-state index contributed by atoms with van der Waals surface area (Å²) in [6.45, 7) is 8.33. The van der Waals surface area contributed by atoms with Gasteiger partial charge in [0, 0.05) is 24.2 Å². The number of aryl methyl sites for hydroxylation is 1. The summed E-state index contributed by atoms with van der Waals surface area (Å²) in [5.74, 6) is 0.951. The number of piperidine rings is 1. The molecule has 0 saturated carbocycles. The second kappa shape index (κ2) is 5.51. The van der Waals surface area contributed by atoms with Gasteiger partial charge in [0.15, 0.2) is 0 Å². The van der Waals surface area contributed by atoms with Crippen LogP contribution in [0.4, 0.5) is 0 Å². The molecule has 1 heterocycles. The molecule has 0 spiro atoms. The summed E-state index contributed by atoms with van der Waals surface area (Å²) in [5.41, 5.74) is 2.52. The van der Waals surface area contributed by atoms with Gasteiger partial charge >= 0.3 is 0 Å². The van der Waals surface area contributed by atoms with Crippen molar-refractivity contribution in [3.8, 4) is 5.75 Å². The Bertz CT molecular complexity index is 442. The largest absolute Gasteiger partial charge is 0.496 e. The molecule has 2 rings (SSSR count). The first-order valence-electron chi connectivity index (χ1n) is 6.99. The Balaban J connectivity index is 2.18. The van der Waals surface area contributed by atoms with E-state index in [4.69, 9.17) is 4.74 Å². The first kappa shape index (κ1) is 14.4. The summed E-state index contributed by atoms with van der Waals surface area (Å²) in [4.78, 5) is 2.44. The molecule has 0 radical (unpaired) electrons. The predicted molar refractivity (Wildman–Crippen MR) is 77.5 cm³/mol. The van der Waals surface area contributed by atoms with Gasteiger partial charge in [-0.25, -0.2) is 0 Å². The Labute approximate surface area is 116 Å². The van der Waals surface area contributed by atoms with Gasteiger partial charge in [0.05, 0.1) is 13.2 Å². The van der Waals surface area contributed by atoms with Gasteiger partial charge in [-0.15, -0.1) is 0 Å². The summed E-state index contributed by atoms with van der Waals surface area (Å²) < 4.78 is 5.46. The highest BCUT2D eigenvalue weighted by atomic mass is 16.5. The van der Waals surface area contributed by atoms with Crippen molar-refractivity contribution in [1.29, 1.82) is 0 Å². The molecule has 0 bridgehead atoms. The van der Waals surface area contributed by atoms with Crippen molar-refractivity contribution in [2.75, 3.05) is 13.7 Å². The highest BCUT2D eigenvalue weighted by Crippen LogP contribution is 2.31. The Kier molecular flexibility index (Phi) is 4.16. The summed E-state index contributed by atoms with van der Waals surface area (Å²) in [7, 11) is 1.72. The summed E-state index contributed by atoms with van der Waals surface area (Å²) in [6.07, 6.45) is 1.53. The van der Waals surface area contributed by atoms with Gasteiger partial charge in [-0.3, -0.25) is 4.90 Å². The zero-order valence-electron chi connectivity index (χ0n) is 12.4. The van der Waals surface area contributed by atoms with Crippen molar-refractivity contribution >= 4 is 0 Å². The molecule has 1 atom stereocenters. The molecular formula is C16H25NO2. The molecule has 0 amide bonds. The number of likely N-dealkylation sites (tertiary alicyclic amines) is 1. The quantitative estimate of drug-likeness (QED) is 0.910. The maximum absolute atomic E-state index is 9.82. The third-order valence-electron chi connectivity index (χ3n) is 4.12. The predicted octanol–water partition coefficient (Wildman–Crippen LogP) is 2.74. The summed E-state index contributed by atoms with van der Waals surface area (Å²) in [6, 6.07) is 6.31. The zero-order valence-corrected chi connectivity index (χ0v) is 12.4. The number of nitrogens with zero attached hydrogens (tertiary/aromatic N) is 1. The fraction of sp³-hybridized carbons (Fsp3) is 0.625. The van der Waals surface area contributed by atoms with Crippen molar-refractivity contribution in [2.45, 2.75) is 51.8 Å². The third-order valence-corrected chi connectivity index (χ3v) is 4.12. The van der Waals surface area contributed by atoms with Crippen LogP contribution in [-0.4, -0.2) is 35.3 Å². The van der Waals surface area contributed by atoms with E-state index in [1.54, 1.807) is 7.11 Å². The fourth-order valence-electron chi connectivity index (χ4n) is 2.94. The lowest BCUT2D eigenvalue weighted by atomic mass is 9.88. The smallest absolute Gasteiger partial charge is 0.123 e. The SMILES string of the molecule is COc1ccc(C)cc1CN1CCC(O)CC1(C)C. The number of methoxy groups -OCH3 is 1. The van der Waals surface area contributed by atoms with Gasteiger partial charge in [0.2, 0.25) is 0 Å². The Morgan fingerprint density at radius 2 is 2.16 bits per heavy atom. The maximum atomic E-state index is 9.82. The molecule has 1 saturated heterocycles. The molecule has 19 heavy (non-hydrogen) atoms. The topological polar surface area (TPSA) is 32.7 Å². The Morgan fingerprint density at radius 3 is 2.79 bits per heavy atom. The first-order chi connectivity index (χ1) is 8.92. The molecule has 1 aromatic carbocycles. The van der Waals surface area contributed by atoms with Crippen LogP contribution in [0, 0.1) is 6.92 Å². The minimum Gasteiger partial charge on any atom is -0.496 e. The van der Waals surface area contributed by atoms with E-state index < -0.39 is 0 Å². The van der Waals surface area contributed by atoms with Crippen LogP contribution in [0.25, 0.3) is 0 Å². The van der Waals surface area contributed by atoms with Gasteiger partial charge < -0.3 is 9.84 Å². The van der Waals surface area contributed by atoms with E-state index in [2.05, 4.69) is 37.8 Å². The van der Waals surface area contributed by atoms with Gasteiger partial charge in [-0.05, 0) is 39.7 Å². The number of benzene rings is 1. The number of hydrogen-bond donors (Lipinski definition) is 1. The normalized spacial score (nSPS) is 23.3. The molecule has 1 aromatic rings. The average molecular weight is 263 g/mol. The summed E-state index contributed by atoms with van der Waals surface area (Å²) >= 11 is 0. The Hall–Kier alpha value is -1.06. The van der Waals surface area contributed by atoms with Crippen LogP contribution >= 0.6 is 0 Å². The number of aliphatic hydroxyl groups is 1. The minimum atomic E-state index is -0.161. The van der Waals surface area contributed by atoms with Crippen LogP contribution < -0.4 is 4.74 Å². The number of aliphatic hydroxyl groups excluding tert-OH is 1. The van der Waals surface area contributed by atoms with Crippen LogP contribution in [0.5, 0.6) is 5.75 Å². The molecule has 0 aromatic heterocycles. The molecule has 3 nitrogen and oxygen atoms in total. The molecule has 1 fully saturated rings. The van der Waals surface area contributed by atoms with Gasteiger partial charge in [-0.2, -0.15) is 0 Å². The molecule has 1 N–H and O–H groups in total. The van der Waals surface area contributed by atoms with Crippen LogP contribution in [0.15, 0.2) is 18.2 Å². The maximum Gasteiger partial charge on any atom is 0.123 e. The molecular weight excluding hydrogens is 238 g/mol. The van der Waals surface area contributed by atoms with E-state index in [1.165, 1.54) is 11.1 Å². The second-order valence-corrected chi connectivity index (χ2v) is 6.20. The van der Waals surface area contributed by atoms with E-state index in [-0.39, 0.29) is 11.6 Å². The fourth-order valence-corrected chi connectivity index (χ4v) is 2.94. The van der Waals surface area contributed by atoms with E-state index in [0.717, 1.165) is 31.7 Å². The van der Waals surface area contributed by atoms with Gasteiger partial charge in [-0.1, -0.05) is 17.7 Å². The van der Waals surface area contributed by atoms with Crippen LogP contribution in [0.3, 0.4) is 0 Å². The summed E-state index contributed by atoms with van der Waals surface area (Å²) in [5, 5.41) is 9.82. The lowest BCUT2D eigenvalue weighted by Gasteiger charge is -2.44. The first-order valence-corrected chi connectivity index (χ1v) is 6.99. The van der Waals surface area contributed by atoms with Crippen molar-refractivity contribution in [1.82, 2.24) is 4.90 Å². The van der Waals surface area contributed by atoms with E-state index in [9.17, 15) is 5.11 Å². The molecule has 0 aliphatic carbocycles. The lowest BCUT2D eigenvalue weighted by molar-refractivity contribution is -0.00747. The van der Waals surface area contributed by atoms with Gasteiger partial charge in [0.25, 0.3) is 0 Å². The van der Waals surface area contributed by atoms with Crippen molar-refractivity contribution < 1.29 is 9.84 Å². The van der Waals surface area contributed by atoms with Crippen LogP contribution in [-0.2, 0) is 6.54 Å². The standard InChI is InChI=1S/C16H25NO2/c1-12-5-6-15(19-4)13(9-12)11-17-8-7-14(18)10-16(17,2)3/h5-6,9,14,18H,7-8,10-11H2,1-4H3. The van der Waals surface area contributed by atoms with Crippen LogP contribution in [0.1, 0.15) is 37.8 Å². The van der Waals surface area contributed by atoms with E-state index in [1.807, 2.05) is 6.07 Å². The minimum absolute atomic E-state index is 0.0342. The molecule has 1 aliphatic rings. The van der Waals surface area contributed by atoms with E-state index in [0.29, 0.717) is 0 Å². The van der Waals surface area contributed by atoms with Gasteiger partial charge in [0.1, 0.15) is 5.75 Å². The lowest BCUT2D eigenvalue weighted by Crippen LogP contribution is -2.50. The monoisotopic (exact) mass is 263 g/mol. The number of hydrogen-bond acceptors (Lipinski definition) is 3. The molecule has 3 heteroatoms. The van der Waals surface area contributed by atoms with Crippen molar-refractivity contribution in [2.24, 2.45) is 0 Å². The zero-order chi connectivity index (χ0) is 14.0. The second-order valence-electron chi connectivity index (χ2n) is 6.20. The highest BCUT2D eigenvalue weighted by molar-refractivity contribution is 5.37. The van der Waals surface area contributed by atoms with Crippen molar-refractivity contribution in [3.05, 3.63) is 29.3 Å². The van der Waals surface area contributed by atoms with Crippen LogP contribution in [0.2, 0.25) is 0 Å². The molecule has 1 aliphatic heterocycles. The number of rotatable bonds is 3. The average Bonchev–Trinajstić information content (AvgIpc) is 2.32. The van der Waals surface area contributed by atoms with E-state index >= 15 is 0 Å². The van der Waals surface area contributed by atoms with Crippen molar-refractivity contribution in [3.63, 3.8) is 0 Å². The molecule has 106 valence electrons. The molecule has 1 unspecified atom stereocenters. The Morgan fingerprint density at radius 1 is 1.42 bits per heavy atom. The third kappa shape index (κ3) is 3.28. The number of ether oxygens (including phenoxy) is 1. The highest BCUT2D eigenvalue weighted by Gasteiger charge is 2.34.